The highest BCUT2D eigenvalue weighted by atomic mass is 16.5. The monoisotopic (exact) mass is 328 g/mol. The van der Waals surface area contributed by atoms with Gasteiger partial charge in [0.25, 0.3) is 5.91 Å². The fourth-order valence-electron chi connectivity index (χ4n) is 2.00. The molecule has 0 saturated heterocycles. The van der Waals surface area contributed by atoms with Gasteiger partial charge in [-0.2, -0.15) is 5.10 Å². The van der Waals surface area contributed by atoms with Gasteiger partial charge >= 0.3 is 0 Å². The Kier molecular flexibility index (Phi) is 7.01. The molecule has 0 radical (unpaired) electrons. The second-order valence-electron chi connectivity index (χ2n) is 5.47. The largest absolute Gasteiger partial charge is 0.494 e. The second-order valence-corrected chi connectivity index (χ2v) is 5.47. The van der Waals surface area contributed by atoms with Gasteiger partial charge < -0.3 is 15.4 Å². The highest BCUT2D eigenvalue weighted by molar-refractivity contribution is 5.94. The molecule has 0 aliphatic carbocycles. The Labute approximate surface area is 142 Å². The summed E-state index contributed by atoms with van der Waals surface area (Å²) in [6.45, 7) is 5.80. The Hall–Kier alpha value is -2.63. The molecular formula is C18H24N4O2. The summed E-state index contributed by atoms with van der Waals surface area (Å²) >= 11 is 0. The molecule has 6 heteroatoms. The average molecular weight is 328 g/mol. The Balaban J connectivity index is 1.71. The number of benzene rings is 1. The molecule has 24 heavy (non-hydrogen) atoms. The zero-order chi connectivity index (χ0) is 17.2. The van der Waals surface area contributed by atoms with E-state index in [1.165, 1.54) is 0 Å². The maximum Gasteiger partial charge on any atom is 0.251 e. The first-order valence-electron chi connectivity index (χ1n) is 8.24. The molecule has 0 saturated carbocycles. The fourth-order valence-corrected chi connectivity index (χ4v) is 2.00. The number of carbonyl (C=O) groups is 1. The maximum absolute atomic E-state index is 12.1. The third-order valence-electron chi connectivity index (χ3n) is 3.40. The first-order chi connectivity index (χ1) is 11.7. The van der Waals surface area contributed by atoms with Crippen molar-refractivity contribution in [2.75, 3.05) is 25.0 Å². The van der Waals surface area contributed by atoms with Crippen molar-refractivity contribution in [2.24, 2.45) is 0 Å². The number of rotatable bonds is 9. The minimum atomic E-state index is -0.105. The van der Waals surface area contributed by atoms with Crippen molar-refractivity contribution in [2.45, 2.75) is 26.7 Å². The molecule has 0 aliphatic rings. The smallest absolute Gasteiger partial charge is 0.251 e. The SMILES string of the molecule is CCCCOc1ccc(C(=O)NCCNc2ccc(C)nn2)cc1. The molecule has 0 unspecified atom stereocenters. The van der Waals surface area contributed by atoms with Crippen LogP contribution in [0.3, 0.4) is 0 Å². The molecule has 2 aromatic rings. The fraction of sp³-hybridized carbons (Fsp3) is 0.389. The molecule has 0 aliphatic heterocycles. The molecule has 128 valence electrons. The summed E-state index contributed by atoms with van der Waals surface area (Å²) in [6, 6.07) is 10.9. The predicted octanol–water partition coefficient (Wildman–Crippen LogP) is 2.81. The van der Waals surface area contributed by atoms with Crippen molar-refractivity contribution in [3.63, 3.8) is 0 Å². The van der Waals surface area contributed by atoms with E-state index in [9.17, 15) is 4.79 Å². The quantitative estimate of drug-likeness (QED) is 0.692. The van der Waals surface area contributed by atoms with Gasteiger partial charge in [0.05, 0.1) is 12.3 Å². The van der Waals surface area contributed by atoms with Crippen LogP contribution in [0.25, 0.3) is 0 Å². The van der Waals surface area contributed by atoms with Gasteiger partial charge in [-0.1, -0.05) is 13.3 Å². The zero-order valence-electron chi connectivity index (χ0n) is 14.2. The first kappa shape index (κ1) is 17.7. The molecule has 0 bridgehead atoms. The van der Waals surface area contributed by atoms with E-state index in [1.54, 1.807) is 12.1 Å². The first-order valence-corrected chi connectivity index (χ1v) is 8.24. The number of hydrogen-bond acceptors (Lipinski definition) is 5. The number of nitrogens with one attached hydrogen (secondary N) is 2. The molecule has 1 heterocycles. The molecule has 1 amide bonds. The van der Waals surface area contributed by atoms with Gasteiger partial charge in [0.1, 0.15) is 11.6 Å². The topological polar surface area (TPSA) is 76.1 Å². The summed E-state index contributed by atoms with van der Waals surface area (Å²) in [5.41, 5.74) is 1.49. The van der Waals surface area contributed by atoms with E-state index < -0.39 is 0 Å². The van der Waals surface area contributed by atoms with Gasteiger partial charge in [-0.3, -0.25) is 4.79 Å². The number of amides is 1. The summed E-state index contributed by atoms with van der Waals surface area (Å²) in [6.07, 6.45) is 2.13. The highest BCUT2D eigenvalue weighted by Crippen LogP contribution is 2.12. The van der Waals surface area contributed by atoms with E-state index >= 15 is 0 Å². The van der Waals surface area contributed by atoms with E-state index in [4.69, 9.17) is 4.74 Å². The number of nitrogens with zero attached hydrogens (tertiary/aromatic N) is 2. The van der Waals surface area contributed by atoms with Crippen LogP contribution < -0.4 is 15.4 Å². The zero-order valence-corrected chi connectivity index (χ0v) is 14.2. The third-order valence-corrected chi connectivity index (χ3v) is 3.40. The van der Waals surface area contributed by atoms with E-state index in [0.717, 1.165) is 24.3 Å². The van der Waals surface area contributed by atoms with Crippen molar-refractivity contribution in [1.29, 1.82) is 0 Å². The van der Waals surface area contributed by atoms with Crippen LogP contribution in [0.5, 0.6) is 5.75 Å². The van der Waals surface area contributed by atoms with Crippen LogP contribution in [-0.2, 0) is 0 Å². The number of carbonyl (C=O) groups excluding carboxylic acids is 1. The maximum atomic E-state index is 12.1. The summed E-state index contributed by atoms with van der Waals surface area (Å²) < 4.78 is 5.58. The van der Waals surface area contributed by atoms with Crippen LogP contribution in [0, 0.1) is 6.92 Å². The van der Waals surface area contributed by atoms with Gasteiger partial charge in [-0.15, -0.1) is 5.10 Å². The van der Waals surface area contributed by atoms with E-state index in [1.807, 2.05) is 31.2 Å². The van der Waals surface area contributed by atoms with Crippen molar-refractivity contribution in [1.82, 2.24) is 15.5 Å². The molecule has 0 atom stereocenters. The third kappa shape index (κ3) is 5.87. The van der Waals surface area contributed by atoms with Gasteiger partial charge in [0.2, 0.25) is 0 Å². The standard InChI is InChI=1S/C18H24N4O2/c1-3-4-13-24-16-8-6-15(7-9-16)18(23)20-12-11-19-17-10-5-14(2)21-22-17/h5-10H,3-4,11-13H2,1-2H3,(H,19,22)(H,20,23). The van der Waals surface area contributed by atoms with Gasteiger partial charge in [-0.25, -0.2) is 0 Å². The molecular weight excluding hydrogens is 304 g/mol. The van der Waals surface area contributed by atoms with Crippen LogP contribution in [-0.4, -0.2) is 35.8 Å². The average Bonchev–Trinajstić information content (AvgIpc) is 2.61. The lowest BCUT2D eigenvalue weighted by molar-refractivity contribution is 0.0955. The summed E-state index contributed by atoms with van der Waals surface area (Å²) in [4.78, 5) is 12.1. The van der Waals surface area contributed by atoms with Crippen LogP contribution in [0.1, 0.15) is 35.8 Å². The molecule has 2 N–H and O–H groups in total. The number of anilines is 1. The van der Waals surface area contributed by atoms with E-state index in [2.05, 4.69) is 27.8 Å². The van der Waals surface area contributed by atoms with Crippen LogP contribution in [0.15, 0.2) is 36.4 Å². The minimum Gasteiger partial charge on any atom is -0.494 e. The Morgan fingerprint density at radius 3 is 2.54 bits per heavy atom. The lowest BCUT2D eigenvalue weighted by Crippen LogP contribution is -2.28. The number of hydrogen-bond donors (Lipinski definition) is 2. The van der Waals surface area contributed by atoms with Crippen LogP contribution in [0.4, 0.5) is 5.82 Å². The predicted molar refractivity (Wildman–Crippen MR) is 94.4 cm³/mol. The Morgan fingerprint density at radius 1 is 1.08 bits per heavy atom. The summed E-state index contributed by atoms with van der Waals surface area (Å²) in [7, 11) is 0. The molecule has 2 rings (SSSR count). The van der Waals surface area contributed by atoms with Gasteiger partial charge in [-0.05, 0) is 49.7 Å². The van der Waals surface area contributed by atoms with Crippen LogP contribution in [0.2, 0.25) is 0 Å². The van der Waals surface area contributed by atoms with Crippen molar-refractivity contribution in [3.05, 3.63) is 47.7 Å². The second kappa shape index (κ2) is 9.50. The highest BCUT2D eigenvalue weighted by Gasteiger charge is 2.05. The summed E-state index contributed by atoms with van der Waals surface area (Å²) in [5.74, 6) is 1.38. The normalized spacial score (nSPS) is 10.2. The number of ether oxygens (including phenoxy) is 1. The van der Waals surface area contributed by atoms with E-state index in [-0.39, 0.29) is 5.91 Å². The lowest BCUT2D eigenvalue weighted by atomic mass is 10.2. The Bertz CT molecular complexity index is 626. The van der Waals surface area contributed by atoms with Gasteiger partial charge in [0.15, 0.2) is 0 Å². The molecule has 6 nitrogen and oxygen atoms in total. The van der Waals surface area contributed by atoms with Crippen molar-refractivity contribution < 1.29 is 9.53 Å². The lowest BCUT2D eigenvalue weighted by Gasteiger charge is -2.08. The van der Waals surface area contributed by atoms with Crippen molar-refractivity contribution in [3.8, 4) is 5.75 Å². The summed E-state index contributed by atoms with van der Waals surface area (Å²) in [5, 5.41) is 13.9. The molecule has 1 aromatic heterocycles. The molecule has 0 spiro atoms. The number of unbranched alkanes of at least 4 members (excludes halogenated alkanes) is 1. The Morgan fingerprint density at radius 2 is 1.88 bits per heavy atom. The number of aromatic nitrogens is 2. The number of aryl methyl sites for hydroxylation is 1. The van der Waals surface area contributed by atoms with Gasteiger partial charge in [0, 0.05) is 18.7 Å². The minimum absolute atomic E-state index is 0.105. The van der Waals surface area contributed by atoms with Crippen LogP contribution >= 0.6 is 0 Å². The molecule has 1 aromatic carbocycles. The van der Waals surface area contributed by atoms with Crippen molar-refractivity contribution >= 4 is 11.7 Å². The van der Waals surface area contributed by atoms with E-state index in [0.29, 0.717) is 31.1 Å². The molecule has 0 fully saturated rings.